The van der Waals surface area contributed by atoms with Crippen LogP contribution in [0, 0.1) is 25.7 Å². The molecule has 164 valence electrons. The van der Waals surface area contributed by atoms with E-state index in [4.69, 9.17) is 4.74 Å². The highest BCUT2D eigenvalue weighted by molar-refractivity contribution is 7.25. The molecule has 0 atom stereocenters. The molecule has 0 saturated heterocycles. The second-order valence-corrected chi connectivity index (χ2v) is 10.1. The first-order valence-corrected chi connectivity index (χ1v) is 12.2. The van der Waals surface area contributed by atoms with Gasteiger partial charge in [0, 0.05) is 27.4 Å². The predicted molar refractivity (Wildman–Crippen MR) is 131 cm³/mol. The fourth-order valence-electron chi connectivity index (χ4n) is 3.78. The summed E-state index contributed by atoms with van der Waals surface area (Å²) in [5, 5.41) is 0.628. The zero-order valence-corrected chi connectivity index (χ0v) is 19.8. The van der Waals surface area contributed by atoms with Crippen LogP contribution in [-0.2, 0) is 0 Å². The first-order chi connectivity index (χ1) is 16.0. The Labute approximate surface area is 199 Å². The van der Waals surface area contributed by atoms with Crippen molar-refractivity contribution in [1.29, 1.82) is 0 Å². The highest BCUT2D eigenvalue weighted by Crippen LogP contribution is 2.37. The summed E-state index contributed by atoms with van der Waals surface area (Å²) in [6, 6.07) is 14.8. The maximum Gasteiger partial charge on any atom is 0.274 e. The van der Waals surface area contributed by atoms with Gasteiger partial charge in [-0.2, -0.15) is 0 Å². The number of carbonyl (C=O) groups is 2. The predicted octanol–water partition coefficient (Wildman–Crippen LogP) is 5.44. The Hall–Kier alpha value is -3.47. The highest BCUT2D eigenvalue weighted by Gasteiger charge is 2.35. The molecular weight excluding hydrogens is 452 g/mol. The molecule has 0 saturated carbocycles. The standard InChI is InChI=1S/C26H20N2O3S2/c1-16-22-23(17(2)32-16)33-26(27-22)31-14-6-13-28-24(29)20-12-11-19(15-21(20)25(28)30)10-9-18-7-4-3-5-8-18/h3-5,7-8,11-12,15H,6,13-14H2,1-2H3. The molecule has 0 aliphatic carbocycles. The molecule has 33 heavy (non-hydrogen) atoms. The van der Waals surface area contributed by atoms with Crippen LogP contribution in [0.4, 0.5) is 0 Å². The quantitative estimate of drug-likeness (QED) is 0.220. The molecule has 5 nitrogen and oxygen atoms in total. The fourth-order valence-corrected chi connectivity index (χ4v) is 5.88. The van der Waals surface area contributed by atoms with Crippen molar-refractivity contribution in [2.45, 2.75) is 20.3 Å². The lowest BCUT2D eigenvalue weighted by atomic mass is 10.1. The van der Waals surface area contributed by atoms with Crippen molar-refractivity contribution in [3.8, 4) is 17.0 Å². The van der Waals surface area contributed by atoms with Gasteiger partial charge in [0.2, 0.25) is 0 Å². The Morgan fingerprint density at radius 2 is 1.67 bits per heavy atom. The van der Waals surface area contributed by atoms with Crippen molar-refractivity contribution >= 4 is 44.7 Å². The molecule has 1 aliphatic rings. The van der Waals surface area contributed by atoms with Gasteiger partial charge < -0.3 is 4.74 Å². The summed E-state index contributed by atoms with van der Waals surface area (Å²) in [6.07, 6.45) is 0.538. The van der Waals surface area contributed by atoms with Gasteiger partial charge in [0.1, 0.15) is 0 Å². The third kappa shape index (κ3) is 4.15. The van der Waals surface area contributed by atoms with E-state index in [1.54, 1.807) is 29.5 Å². The molecule has 0 unspecified atom stereocenters. The minimum atomic E-state index is -0.279. The van der Waals surface area contributed by atoms with Crippen LogP contribution in [0.3, 0.4) is 0 Å². The molecule has 0 radical (unpaired) electrons. The molecule has 2 aromatic heterocycles. The number of hydrogen-bond donors (Lipinski definition) is 0. The molecule has 4 aromatic rings. The number of thiazole rings is 1. The second-order valence-electron chi connectivity index (χ2n) is 7.71. The van der Waals surface area contributed by atoms with E-state index in [2.05, 4.69) is 30.7 Å². The normalized spacial score (nSPS) is 12.7. The molecule has 0 spiro atoms. The van der Waals surface area contributed by atoms with Crippen LogP contribution in [0.15, 0.2) is 48.5 Å². The molecule has 0 fully saturated rings. The van der Waals surface area contributed by atoms with E-state index < -0.39 is 0 Å². The Bertz CT molecular complexity index is 1410. The van der Waals surface area contributed by atoms with E-state index in [1.165, 1.54) is 30.7 Å². The zero-order valence-electron chi connectivity index (χ0n) is 18.2. The van der Waals surface area contributed by atoms with Gasteiger partial charge in [-0.25, -0.2) is 4.98 Å². The SMILES string of the molecule is Cc1sc(C)c2sc(OCCCN3C(=O)c4ccc(C#Cc5ccccc5)cc4C3=O)nc12. The number of carbonyl (C=O) groups excluding carboxylic acids is 2. The summed E-state index contributed by atoms with van der Waals surface area (Å²) in [4.78, 5) is 33.9. The number of rotatable bonds is 5. The maximum absolute atomic E-state index is 12.9. The van der Waals surface area contributed by atoms with E-state index in [1.807, 2.05) is 30.3 Å². The van der Waals surface area contributed by atoms with E-state index in [9.17, 15) is 9.59 Å². The first-order valence-electron chi connectivity index (χ1n) is 10.6. The average Bonchev–Trinajstić information content (AvgIpc) is 3.44. The number of nitrogens with zero attached hydrogens (tertiary/aromatic N) is 2. The van der Waals surface area contributed by atoms with Gasteiger partial charge in [-0.05, 0) is 50.6 Å². The number of imide groups is 1. The number of thiophene rings is 1. The maximum atomic E-state index is 12.9. The van der Waals surface area contributed by atoms with Crippen molar-refractivity contribution in [3.63, 3.8) is 0 Å². The van der Waals surface area contributed by atoms with E-state index in [0.717, 1.165) is 11.1 Å². The largest absolute Gasteiger partial charge is 0.470 e. The van der Waals surface area contributed by atoms with E-state index in [0.29, 0.717) is 41.5 Å². The molecule has 0 bridgehead atoms. The minimum Gasteiger partial charge on any atom is -0.470 e. The van der Waals surface area contributed by atoms with Crippen LogP contribution in [0.2, 0.25) is 0 Å². The number of benzene rings is 2. The van der Waals surface area contributed by atoms with Gasteiger partial charge in [-0.1, -0.05) is 41.4 Å². The Morgan fingerprint density at radius 1 is 0.909 bits per heavy atom. The smallest absolute Gasteiger partial charge is 0.274 e. The Kier molecular flexibility index (Phi) is 5.71. The van der Waals surface area contributed by atoms with Crippen LogP contribution in [0.5, 0.6) is 5.19 Å². The minimum absolute atomic E-state index is 0.265. The van der Waals surface area contributed by atoms with Crippen LogP contribution >= 0.6 is 22.7 Å². The summed E-state index contributed by atoms with van der Waals surface area (Å²) in [7, 11) is 0. The van der Waals surface area contributed by atoms with E-state index in [-0.39, 0.29) is 11.8 Å². The first kappa shape index (κ1) is 21.4. The van der Waals surface area contributed by atoms with Crippen LogP contribution < -0.4 is 4.74 Å². The molecule has 2 aromatic carbocycles. The van der Waals surface area contributed by atoms with Crippen molar-refractivity contribution in [2.24, 2.45) is 0 Å². The number of aryl methyl sites for hydroxylation is 2. The molecule has 2 amide bonds. The van der Waals surface area contributed by atoms with Gasteiger partial charge in [0.25, 0.3) is 17.0 Å². The van der Waals surface area contributed by atoms with Gasteiger partial charge in [0.15, 0.2) is 0 Å². The van der Waals surface area contributed by atoms with Crippen molar-refractivity contribution in [2.75, 3.05) is 13.2 Å². The van der Waals surface area contributed by atoms with Gasteiger partial charge in [-0.3, -0.25) is 14.5 Å². The topological polar surface area (TPSA) is 59.5 Å². The Morgan fingerprint density at radius 3 is 2.45 bits per heavy atom. The summed E-state index contributed by atoms with van der Waals surface area (Å²) in [5.41, 5.74) is 3.44. The van der Waals surface area contributed by atoms with Gasteiger partial charge in [-0.15, -0.1) is 11.3 Å². The fraction of sp³-hybridized carbons (Fsp3) is 0.192. The van der Waals surface area contributed by atoms with E-state index >= 15 is 0 Å². The average molecular weight is 473 g/mol. The van der Waals surface area contributed by atoms with Gasteiger partial charge in [0.05, 0.1) is 28.0 Å². The Balaban J connectivity index is 1.22. The summed E-state index contributed by atoms with van der Waals surface area (Å²) in [5.74, 6) is 5.61. The van der Waals surface area contributed by atoms with Crippen molar-refractivity contribution < 1.29 is 14.3 Å². The lowest BCUT2D eigenvalue weighted by Gasteiger charge is -2.13. The summed E-state index contributed by atoms with van der Waals surface area (Å²) >= 11 is 3.28. The number of fused-ring (bicyclic) bond motifs is 2. The van der Waals surface area contributed by atoms with Gasteiger partial charge >= 0.3 is 0 Å². The number of hydrogen-bond acceptors (Lipinski definition) is 6. The molecule has 1 aliphatic heterocycles. The molecule has 3 heterocycles. The van der Waals surface area contributed by atoms with Crippen LogP contribution in [0.25, 0.3) is 10.2 Å². The molecule has 7 heteroatoms. The lowest BCUT2D eigenvalue weighted by Crippen LogP contribution is -2.31. The van der Waals surface area contributed by atoms with Crippen LogP contribution in [0.1, 0.15) is 48.0 Å². The number of aromatic nitrogens is 1. The summed E-state index contributed by atoms with van der Waals surface area (Å²) < 4.78 is 6.97. The number of amides is 2. The molecule has 0 N–H and O–H groups in total. The third-order valence-corrected chi connectivity index (χ3v) is 7.64. The molecule has 5 rings (SSSR count). The number of ether oxygens (including phenoxy) is 1. The third-order valence-electron chi connectivity index (χ3n) is 5.41. The highest BCUT2D eigenvalue weighted by atomic mass is 32.1. The van der Waals surface area contributed by atoms with Crippen molar-refractivity contribution in [1.82, 2.24) is 9.88 Å². The molecular formula is C26H20N2O3S2. The zero-order chi connectivity index (χ0) is 22.9. The monoisotopic (exact) mass is 472 g/mol. The summed E-state index contributed by atoms with van der Waals surface area (Å²) in [6.45, 7) is 4.83. The second kappa shape index (κ2) is 8.81. The van der Waals surface area contributed by atoms with Crippen molar-refractivity contribution in [3.05, 3.63) is 80.5 Å². The van der Waals surface area contributed by atoms with Crippen LogP contribution in [-0.4, -0.2) is 34.8 Å². The lowest BCUT2D eigenvalue weighted by molar-refractivity contribution is 0.0646.